The molecule has 0 spiro atoms. The zero-order valence-electron chi connectivity index (χ0n) is 17.4. The van der Waals surface area contributed by atoms with Crippen molar-refractivity contribution < 1.29 is 0 Å². The highest BCUT2D eigenvalue weighted by Crippen LogP contribution is 2.34. The predicted octanol–water partition coefficient (Wildman–Crippen LogP) is 5.03. The average molecular weight is 388 g/mol. The van der Waals surface area contributed by atoms with Gasteiger partial charge in [-0.1, -0.05) is 106 Å². The molecule has 2 aromatic carbocycles. The topological polar surface area (TPSA) is 3.24 Å². The molecule has 146 valence electrons. The minimum atomic E-state index is -1.54. The van der Waals surface area contributed by atoms with Gasteiger partial charge in [0.1, 0.15) is 0 Å². The van der Waals surface area contributed by atoms with Gasteiger partial charge in [-0.15, -0.1) is 0 Å². The lowest BCUT2D eigenvalue weighted by atomic mass is 9.94. The molecule has 2 aliphatic carbocycles. The molecule has 28 heavy (non-hydrogen) atoms. The number of rotatable bonds is 6. The molecule has 0 saturated heterocycles. The van der Waals surface area contributed by atoms with Crippen molar-refractivity contribution in [3.63, 3.8) is 0 Å². The molecule has 0 heterocycles. The maximum absolute atomic E-state index is 2.96. The molecule has 0 atom stereocenters. The first kappa shape index (κ1) is 19.3. The summed E-state index contributed by atoms with van der Waals surface area (Å²) in [7, 11) is -1.54. The summed E-state index contributed by atoms with van der Waals surface area (Å²) in [5.41, 5.74) is 3.18. The van der Waals surface area contributed by atoms with Gasteiger partial charge in [0.25, 0.3) is 0 Å². The molecule has 1 saturated carbocycles. The van der Waals surface area contributed by atoms with Gasteiger partial charge in [-0.2, -0.15) is 0 Å². The first-order chi connectivity index (χ1) is 13.8. The van der Waals surface area contributed by atoms with Crippen LogP contribution in [0.2, 0.25) is 0 Å². The molecule has 0 aromatic heterocycles. The Morgan fingerprint density at radius 2 is 1.39 bits per heavy atom. The molecule has 0 unspecified atom stereocenters. The van der Waals surface area contributed by atoms with E-state index in [9.17, 15) is 0 Å². The molecule has 0 aliphatic heterocycles. The Kier molecular flexibility index (Phi) is 6.16. The van der Waals surface area contributed by atoms with Crippen molar-refractivity contribution in [3.8, 4) is 0 Å². The molecule has 0 radical (unpaired) electrons. The van der Waals surface area contributed by atoms with Crippen LogP contribution in [-0.4, -0.2) is 19.6 Å². The SMILES string of the molecule is CC(C)C1=C(N(C2CCCCC2)[SiH](c2ccccc2)c2ccccc2)CC=C1. The van der Waals surface area contributed by atoms with Gasteiger partial charge in [-0.3, -0.25) is 0 Å². The van der Waals surface area contributed by atoms with E-state index in [1.807, 2.05) is 0 Å². The van der Waals surface area contributed by atoms with Gasteiger partial charge < -0.3 is 4.57 Å². The van der Waals surface area contributed by atoms with Crippen LogP contribution in [0.3, 0.4) is 0 Å². The fourth-order valence-electron chi connectivity index (χ4n) is 5.02. The monoisotopic (exact) mass is 387 g/mol. The highest BCUT2D eigenvalue weighted by molar-refractivity contribution is 6.83. The predicted molar refractivity (Wildman–Crippen MR) is 124 cm³/mol. The summed E-state index contributed by atoms with van der Waals surface area (Å²) in [4.78, 5) is 0. The maximum Gasteiger partial charge on any atom is 0.204 e. The van der Waals surface area contributed by atoms with Crippen LogP contribution in [0.4, 0.5) is 0 Å². The number of hydrogen-bond donors (Lipinski definition) is 0. The van der Waals surface area contributed by atoms with Crippen LogP contribution in [0.15, 0.2) is 84.1 Å². The molecule has 1 nitrogen and oxygen atoms in total. The second kappa shape index (κ2) is 8.96. The van der Waals surface area contributed by atoms with Gasteiger partial charge >= 0.3 is 0 Å². The van der Waals surface area contributed by atoms with E-state index in [-0.39, 0.29) is 0 Å². The highest BCUT2D eigenvalue weighted by Gasteiger charge is 2.34. The minimum Gasteiger partial charge on any atom is -0.392 e. The molecular weight excluding hydrogens is 354 g/mol. The van der Waals surface area contributed by atoms with Crippen LogP contribution in [0, 0.1) is 5.92 Å². The standard InChI is InChI=1S/C26H33NSi/c1-21(2)25-19-12-20-26(25)27(22-13-6-3-7-14-22)28(23-15-8-4-9-16-23)24-17-10-5-11-18-24/h4-5,8-12,15-19,21-22,28H,3,6-7,13-14,20H2,1-2H3. The van der Waals surface area contributed by atoms with Gasteiger partial charge in [0.05, 0.1) is 0 Å². The maximum atomic E-state index is 2.96. The Morgan fingerprint density at radius 1 is 0.821 bits per heavy atom. The fraction of sp³-hybridized carbons (Fsp3) is 0.385. The molecule has 4 rings (SSSR count). The minimum absolute atomic E-state index is 0.584. The summed E-state index contributed by atoms with van der Waals surface area (Å²) < 4.78 is 2.96. The summed E-state index contributed by atoms with van der Waals surface area (Å²) in [5.74, 6) is 0.584. The molecule has 2 heteroatoms. The largest absolute Gasteiger partial charge is 0.392 e. The second-order valence-electron chi connectivity index (χ2n) is 8.59. The zero-order chi connectivity index (χ0) is 19.3. The number of hydrogen-bond acceptors (Lipinski definition) is 1. The lowest BCUT2D eigenvalue weighted by Crippen LogP contribution is -2.59. The van der Waals surface area contributed by atoms with Crippen molar-refractivity contribution in [2.45, 2.75) is 58.4 Å². The van der Waals surface area contributed by atoms with Crippen molar-refractivity contribution in [1.82, 2.24) is 4.57 Å². The molecule has 1 fully saturated rings. The summed E-state index contributed by atoms with van der Waals surface area (Å²) in [6.45, 7) is 4.71. The Bertz CT molecular complexity index is 777. The van der Waals surface area contributed by atoms with Crippen LogP contribution >= 0.6 is 0 Å². The fourth-order valence-corrected chi connectivity index (χ4v) is 8.51. The van der Waals surface area contributed by atoms with E-state index in [2.05, 4.69) is 91.2 Å². The Labute approximate surface area is 172 Å². The van der Waals surface area contributed by atoms with Crippen LogP contribution in [-0.2, 0) is 0 Å². The van der Waals surface area contributed by atoms with E-state index in [0.717, 1.165) is 6.42 Å². The Hall–Kier alpha value is -2.06. The van der Waals surface area contributed by atoms with Crippen molar-refractivity contribution in [2.75, 3.05) is 0 Å². The van der Waals surface area contributed by atoms with E-state index in [1.54, 1.807) is 21.6 Å². The molecule has 0 amide bonds. The molecule has 2 aromatic rings. The van der Waals surface area contributed by atoms with Gasteiger partial charge in [0.15, 0.2) is 0 Å². The summed E-state index contributed by atoms with van der Waals surface area (Å²) >= 11 is 0. The third kappa shape index (κ3) is 4.02. The quantitative estimate of drug-likeness (QED) is 0.628. The number of allylic oxidation sites excluding steroid dienone is 3. The van der Waals surface area contributed by atoms with Crippen molar-refractivity contribution in [2.24, 2.45) is 5.92 Å². The summed E-state index contributed by atoms with van der Waals surface area (Å²) in [6.07, 6.45) is 12.7. The van der Waals surface area contributed by atoms with Gasteiger partial charge in [0, 0.05) is 18.2 Å². The highest BCUT2D eigenvalue weighted by atomic mass is 28.3. The molecule has 0 bridgehead atoms. The van der Waals surface area contributed by atoms with E-state index < -0.39 is 8.96 Å². The van der Waals surface area contributed by atoms with Crippen LogP contribution < -0.4 is 10.4 Å². The normalized spacial score (nSPS) is 17.7. The van der Waals surface area contributed by atoms with Crippen LogP contribution in [0.1, 0.15) is 52.4 Å². The smallest absolute Gasteiger partial charge is 0.204 e. The van der Waals surface area contributed by atoms with Crippen molar-refractivity contribution in [1.29, 1.82) is 0 Å². The lowest BCUT2D eigenvalue weighted by Gasteiger charge is -2.43. The van der Waals surface area contributed by atoms with E-state index >= 15 is 0 Å². The first-order valence-corrected chi connectivity index (χ1v) is 12.7. The van der Waals surface area contributed by atoms with Gasteiger partial charge in [-0.05, 0) is 34.7 Å². The van der Waals surface area contributed by atoms with Crippen LogP contribution in [0.5, 0.6) is 0 Å². The van der Waals surface area contributed by atoms with Crippen molar-refractivity contribution >= 4 is 19.3 Å². The number of benzene rings is 2. The van der Waals surface area contributed by atoms with Crippen LogP contribution in [0.25, 0.3) is 0 Å². The second-order valence-corrected chi connectivity index (χ2v) is 11.3. The lowest BCUT2D eigenvalue weighted by molar-refractivity contribution is 0.290. The molecular formula is C26H33NSi. The van der Waals surface area contributed by atoms with Crippen molar-refractivity contribution in [3.05, 3.63) is 84.1 Å². The Balaban J connectivity index is 1.85. The third-order valence-corrected chi connectivity index (χ3v) is 9.67. The van der Waals surface area contributed by atoms with E-state index in [1.165, 1.54) is 32.1 Å². The van der Waals surface area contributed by atoms with E-state index in [4.69, 9.17) is 0 Å². The molecule has 0 N–H and O–H groups in total. The third-order valence-electron chi connectivity index (χ3n) is 6.35. The first-order valence-electron chi connectivity index (χ1n) is 11.0. The zero-order valence-corrected chi connectivity index (χ0v) is 18.5. The number of nitrogens with zero attached hydrogens (tertiary/aromatic N) is 1. The summed E-state index contributed by atoms with van der Waals surface area (Å²) in [6, 6.07) is 23.4. The summed E-state index contributed by atoms with van der Waals surface area (Å²) in [5, 5.41) is 3.09. The Morgan fingerprint density at radius 3 is 1.93 bits per heavy atom. The van der Waals surface area contributed by atoms with E-state index in [0.29, 0.717) is 12.0 Å². The average Bonchev–Trinajstić information content (AvgIpc) is 3.23. The van der Waals surface area contributed by atoms with Gasteiger partial charge in [-0.25, -0.2) is 0 Å². The van der Waals surface area contributed by atoms with Gasteiger partial charge in [0.2, 0.25) is 8.96 Å². The molecule has 2 aliphatic rings.